The molecule has 8 nitrogen and oxygen atoms in total. The van der Waals surface area contributed by atoms with E-state index in [2.05, 4.69) is 14.9 Å². The molecule has 2 aliphatic rings. The Labute approximate surface area is 207 Å². The number of benzene rings is 1. The summed E-state index contributed by atoms with van der Waals surface area (Å²) in [6, 6.07) is 5.38. The first-order chi connectivity index (χ1) is 17.2. The van der Waals surface area contributed by atoms with Gasteiger partial charge in [-0.3, -0.25) is 14.4 Å². The largest absolute Gasteiger partial charge is 0.416 e. The maximum Gasteiger partial charge on any atom is 0.416 e. The first-order valence-corrected chi connectivity index (χ1v) is 11.9. The number of rotatable bonds is 4. The molecular weight excluding hydrogens is 471 g/mol. The first kappa shape index (κ1) is 24.2. The van der Waals surface area contributed by atoms with Crippen LogP contribution in [0.25, 0.3) is 11.3 Å². The van der Waals surface area contributed by atoms with Crippen molar-refractivity contribution in [3.8, 4) is 11.3 Å². The summed E-state index contributed by atoms with van der Waals surface area (Å²) in [5.41, 5.74) is 3.59. The van der Waals surface area contributed by atoms with Crippen molar-refractivity contribution < 1.29 is 18.0 Å². The second kappa shape index (κ2) is 9.53. The van der Waals surface area contributed by atoms with Crippen LogP contribution < -0.4 is 4.90 Å². The number of fused-ring (bicyclic) bond motifs is 1. The third-order valence-electron chi connectivity index (χ3n) is 6.77. The molecule has 1 saturated heterocycles. The number of carbonyl (C=O) groups excluding carboxylic acids is 1. The van der Waals surface area contributed by atoms with E-state index in [1.807, 2.05) is 13.2 Å². The lowest BCUT2D eigenvalue weighted by Crippen LogP contribution is -2.46. The number of amides is 1. The number of halogens is 3. The number of alkyl halides is 3. The zero-order valence-electron chi connectivity index (χ0n) is 20.3. The van der Waals surface area contributed by atoms with Gasteiger partial charge in [0.25, 0.3) is 0 Å². The third-order valence-corrected chi connectivity index (χ3v) is 6.77. The van der Waals surface area contributed by atoms with E-state index in [0.717, 1.165) is 72.3 Å². The van der Waals surface area contributed by atoms with Crippen LogP contribution in [-0.2, 0) is 37.5 Å². The van der Waals surface area contributed by atoms with Gasteiger partial charge in [0.15, 0.2) is 5.82 Å². The molecule has 2 aliphatic heterocycles. The van der Waals surface area contributed by atoms with Gasteiger partial charge in [-0.25, -0.2) is 9.97 Å². The summed E-state index contributed by atoms with van der Waals surface area (Å²) in [5, 5.41) is 4.30. The minimum atomic E-state index is -4.32. The molecule has 1 aromatic carbocycles. The molecular formula is C25H28F3N7O. The fourth-order valence-electron chi connectivity index (χ4n) is 4.72. The molecule has 1 fully saturated rings. The molecule has 3 aromatic rings. The molecule has 36 heavy (non-hydrogen) atoms. The molecule has 1 amide bonds. The van der Waals surface area contributed by atoms with E-state index in [-0.39, 0.29) is 5.91 Å². The van der Waals surface area contributed by atoms with Gasteiger partial charge >= 0.3 is 6.18 Å². The molecule has 0 saturated carbocycles. The van der Waals surface area contributed by atoms with Crippen LogP contribution in [0.3, 0.4) is 0 Å². The summed E-state index contributed by atoms with van der Waals surface area (Å²) in [5.74, 6) is 0.839. The van der Waals surface area contributed by atoms with Crippen molar-refractivity contribution in [3.63, 3.8) is 0 Å². The molecule has 0 unspecified atom stereocenters. The Balaban J connectivity index is 1.33. The number of piperazine rings is 1. The Hall–Kier alpha value is -3.47. The average Bonchev–Trinajstić information content (AvgIpc) is 3.29. The second-order valence-corrected chi connectivity index (χ2v) is 9.34. The van der Waals surface area contributed by atoms with Crippen LogP contribution >= 0.6 is 0 Å². The smallest absolute Gasteiger partial charge is 0.352 e. The lowest BCUT2D eigenvalue weighted by molar-refractivity contribution is -0.137. The van der Waals surface area contributed by atoms with Gasteiger partial charge in [0.05, 0.1) is 29.7 Å². The standard InChI is InChI=1S/C25H28F3N7O/c1-17(36)35-8-7-21-22(16-35)30-23(19-13-29-32(2)15-19)24(31-21)34-11-9-33(10-12-34)14-18-3-5-20(6-4-18)25(26,27)28/h3-6,13,15H,7-12,14,16H2,1-2H3. The fourth-order valence-corrected chi connectivity index (χ4v) is 4.72. The summed E-state index contributed by atoms with van der Waals surface area (Å²) >= 11 is 0. The van der Waals surface area contributed by atoms with Crippen molar-refractivity contribution in [2.24, 2.45) is 7.05 Å². The number of hydrogen-bond donors (Lipinski definition) is 0. The molecule has 2 aromatic heterocycles. The molecule has 190 valence electrons. The van der Waals surface area contributed by atoms with Crippen molar-refractivity contribution >= 4 is 11.7 Å². The number of nitrogens with zero attached hydrogens (tertiary/aromatic N) is 7. The van der Waals surface area contributed by atoms with E-state index < -0.39 is 11.7 Å². The van der Waals surface area contributed by atoms with Crippen LogP contribution in [0.15, 0.2) is 36.7 Å². The van der Waals surface area contributed by atoms with Crippen molar-refractivity contribution in [2.45, 2.75) is 32.6 Å². The lowest BCUT2D eigenvalue weighted by Gasteiger charge is -2.37. The monoisotopic (exact) mass is 499 g/mol. The Morgan fingerprint density at radius 2 is 1.72 bits per heavy atom. The van der Waals surface area contributed by atoms with E-state index in [0.29, 0.717) is 26.1 Å². The quantitative estimate of drug-likeness (QED) is 0.550. The summed E-state index contributed by atoms with van der Waals surface area (Å²) in [6.07, 6.45) is 0.0190. The normalized spacial score (nSPS) is 16.8. The van der Waals surface area contributed by atoms with Crippen LogP contribution in [0, 0.1) is 0 Å². The summed E-state index contributed by atoms with van der Waals surface area (Å²) in [7, 11) is 1.85. The average molecular weight is 500 g/mol. The predicted molar refractivity (Wildman–Crippen MR) is 128 cm³/mol. The highest BCUT2D eigenvalue weighted by atomic mass is 19.4. The summed E-state index contributed by atoms with van der Waals surface area (Å²) in [6.45, 7) is 6.20. The van der Waals surface area contributed by atoms with Crippen molar-refractivity contribution in [3.05, 3.63) is 59.2 Å². The Bertz CT molecular complexity index is 1250. The van der Waals surface area contributed by atoms with E-state index in [4.69, 9.17) is 9.97 Å². The van der Waals surface area contributed by atoms with Crippen molar-refractivity contribution in [2.75, 3.05) is 37.6 Å². The summed E-state index contributed by atoms with van der Waals surface area (Å²) in [4.78, 5) is 28.1. The van der Waals surface area contributed by atoms with Gasteiger partial charge in [0.1, 0.15) is 5.69 Å². The maximum absolute atomic E-state index is 12.8. The van der Waals surface area contributed by atoms with Gasteiger partial charge in [0, 0.05) is 71.4 Å². The number of hydrogen-bond acceptors (Lipinski definition) is 6. The van der Waals surface area contributed by atoms with Crippen LogP contribution in [0.5, 0.6) is 0 Å². The van der Waals surface area contributed by atoms with E-state index in [9.17, 15) is 18.0 Å². The van der Waals surface area contributed by atoms with Gasteiger partial charge in [0.2, 0.25) is 5.91 Å². The molecule has 0 aliphatic carbocycles. The van der Waals surface area contributed by atoms with Crippen LogP contribution in [-0.4, -0.2) is 68.2 Å². The lowest BCUT2D eigenvalue weighted by atomic mass is 10.1. The van der Waals surface area contributed by atoms with Crippen LogP contribution in [0.1, 0.15) is 29.4 Å². The molecule has 0 atom stereocenters. The molecule has 11 heteroatoms. The highest BCUT2D eigenvalue weighted by molar-refractivity contribution is 5.74. The predicted octanol–water partition coefficient (Wildman–Crippen LogP) is 3.12. The van der Waals surface area contributed by atoms with Crippen LogP contribution in [0.4, 0.5) is 19.0 Å². The third kappa shape index (κ3) is 5.06. The number of aryl methyl sites for hydroxylation is 1. The maximum atomic E-state index is 12.8. The first-order valence-electron chi connectivity index (χ1n) is 11.9. The number of aromatic nitrogens is 4. The van der Waals surface area contributed by atoms with Gasteiger partial charge in [-0.1, -0.05) is 12.1 Å². The highest BCUT2D eigenvalue weighted by Crippen LogP contribution is 2.32. The zero-order valence-corrected chi connectivity index (χ0v) is 20.3. The van der Waals surface area contributed by atoms with Crippen molar-refractivity contribution in [1.82, 2.24) is 29.5 Å². The van der Waals surface area contributed by atoms with Gasteiger partial charge in [-0.15, -0.1) is 0 Å². The summed E-state index contributed by atoms with van der Waals surface area (Å²) < 4.78 is 40.3. The minimum Gasteiger partial charge on any atom is -0.352 e. The van der Waals surface area contributed by atoms with E-state index in [1.54, 1.807) is 34.8 Å². The van der Waals surface area contributed by atoms with Gasteiger partial charge < -0.3 is 9.80 Å². The molecule has 4 heterocycles. The Kier molecular flexibility index (Phi) is 6.42. The minimum absolute atomic E-state index is 0.0265. The Morgan fingerprint density at radius 3 is 2.33 bits per heavy atom. The number of carbonyl (C=O) groups is 1. The zero-order chi connectivity index (χ0) is 25.4. The van der Waals surface area contributed by atoms with Crippen molar-refractivity contribution in [1.29, 1.82) is 0 Å². The topological polar surface area (TPSA) is 70.4 Å². The molecule has 0 bridgehead atoms. The Morgan fingerprint density at radius 1 is 1.00 bits per heavy atom. The SMILES string of the molecule is CC(=O)N1CCc2nc(N3CCN(Cc4ccc(C(F)(F)F)cc4)CC3)c(-c3cnn(C)c3)nc2C1. The van der Waals surface area contributed by atoms with E-state index >= 15 is 0 Å². The van der Waals surface area contributed by atoms with Gasteiger partial charge in [-0.2, -0.15) is 18.3 Å². The molecule has 0 radical (unpaired) electrons. The van der Waals surface area contributed by atoms with Crippen LogP contribution in [0.2, 0.25) is 0 Å². The molecule has 0 N–H and O–H groups in total. The van der Waals surface area contributed by atoms with E-state index in [1.165, 1.54) is 0 Å². The number of anilines is 1. The highest BCUT2D eigenvalue weighted by Gasteiger charge is 2.30. The molecule has 0 spiro atoms. The second-order valence-electron chi connectivity index (χ2n) is 9.34. The molecule has 5 rings (SSSR count). The van der Waals surface area contributed by atoms with Gasteiger partial charge in [-0.05, 0) is 17.7 Å². The fraction of sp³-hybridized carbons (Fsp3) is 0.440.